The van der Waals surface area contributed by atoms with Gasteiger partial charge in [-0.15, -0.1) is 0 Å². The first kappa shape index (κ1) is 15.8. The second-order valence-corrected chi connectivity index (χ2v) is 8.35. The molecule has 1 aliphatic rings. The Bertz CT molecular complexity index is 668. The maximum absolute atomic E-state index is 12.0. The maximum Gasteiger partial charge on any atom is 0.270 e. The molecule has 0 unspecified atom stereocenters. The van der Waals surface area contributed by atoms with Crippen molar-refractivity contribution in [2.45, 2.75) is 31.6 Å². The zero-order chi connectivity index (χ0) is 15.8. The number of piperidine rings is 1. The van der Waals surface area contributed by atoms with Crippen LogP contribution in [0, 0.1) is 15.5 Å². The van der Waals surface area contributed by atoms with Crippen molar-refractivity contribution in [1.29, 1.82) is 0 Å². The van der Waals surface area contributed by atoms with Crippen LogP contribution >= 0.6 is 0 Å². The first-order valence-corrected chi connectivity index (χ1v) is 8.73. The van der Waals surface area contributed by atoms with Crippen molar-refractivity contribution < 1.29 is 13.3 Å². The molecule has 116 valence electrons. The standard InChI is InChI=1S/C14H20N2O4S/c1-14(2)7-4-8-15(10-14)12-6-5-11(16(17)18)9-13(12)21(3,19)20/h5-6,9H,4,7-8,10H2,1-3H3. The van der Waals surface area contributed by atoms with Crippen molar-refractivity contribution in [3.05, 3.63) is 28.3 Å². The van der Waals surface area contributed by atoms with E-state index in [1.807, 2.05) is 4.90 Å². The highest BCUT2D eigenvalue weighted by Crippen LogP contribution is 2.36. The van der Waals surface area contributed by atoms with Gasteiger partial charge in [0.1, 0.15) is 0 Å². The van der Waals surface area contributed by atoms with Crippen LogP contribution in [0.2, 0.25) is 0 Å². The molecule has 6 nitrogen and oxygen atoms in total. The van der Waals surface area contributed by atoms with E-state index in [1.54, 1.807) is 6.07 Å². The van der Waals surface area contributed by atoms with Crippen LogP contribution < -0.4 is 4.90 Å². The monoisotopic (exact) mass is 312 g/mol. The van der Waals surface area contributed by atoms with Crippen molar-refractivity contribution in [3.63, 3.8) is 0 Å². The molecule has 0 radical (unpaired) electrons. The van der Waals surface area contributed by atoms with Gasteiger partial charge in [0.2, 0.25) is 0 Å². The third kappa shape index (κ3) is 3.53. The Morgan fingerprint density at radius 3 is 2.52 bits per heavy atom. The SMILES string of the molecule is CC1(C)CCCN(c2ccc([N+](=O)[O-])cc2S(C)(=O)=O)C1. The minimum Gasteiger partial charge on any atom is -0.370 e. The number of nitrogens with zero attached hydrogens (tertiary/aromatic N) is 2. The van der Waals surface area contributed by atoms with Crippen molar-refractivity contribution in [2.24, 2.45) is 5.41 Å². The molecule has 0 atom stereocenters. The number of benzene rings is 1. The molecular formula is C14H20N2O4S. The number of sulfone groups is 1. The Balaban J connectivity index is 2.50. The minimum atomic E-state index is -3.52. The van der Waals surface area contributed by atoms with E-state index in [9.17, 15) is 18.5 Å². The zero-order valence-corrected chi connectivity index (χ0v) is 13.3. The zero-order valence-electron chi connectivity index (χ0n) is 12.5. The van der Waals surface area contributed by atoms with Gasteiger partial charge in [0.25, 0.3) is 5.69 Å². The predicted molar refractivity (Wildman–Crippen MR) is 81.4 cm³/mol. The number of hydrogen-bond acceptors (Lipinski definition) is 5. The molecule has 1 aromatic rings. The number of anilines is 1. The van der Waals surface area contributed by atoms with Gasteiger partial charge in [-0.25, -0.2) is 8.42 Å². The first-order chi connectivity index (χ1) is 9.60. The third-order valence-corrected chi connectivity index (χ3v) is 4.92. The van der Waals surface area contributed by atoms with E-state index in [-0.39, 0.29) is 16.0 Å². The molecule has 0 bridgehead atoms. The van der Waals surface area contributed by atoms with Crippen LogP contribution in [0.1, 0.15) is 26.7 Å². The third-order valence-electron chi connectivity index (χ3n) is 3.79. The quantitative estimate of drug-likeness (QED) is 0.633. The van der Waals surface area contributed by atoms with Gasteiger partial charge in [-0.05, 0) is 24.3 Å². The van der Waals surface area contributed by atoms with Gasteiger partial charge in [-0.3, -0.25) is 10.1 Å². The smallest absolute Gasteiger partial charge is 0.270 e. The minimum absolute atomic E-state index is 0.0365. The fourth-order valence-corrected chi connectivity index (χ4v) is 3.72. The Morgan fingerprint density at radius 2 is 2.00 bits per heavy atom. The summed E-state index contributed by atoms with van der Waals surface area (Å²) in [5, 5.41) is 10.9. The summed E-state index contributed by atoms with van der Waals surface area (Å²) in [6.45, 7) is 5.80. The van der Waals surface area contributed by atoms with Crippen molar-refractivity contribution in [1.82, 2.24) is 0 Å². The van der Waals surface area contributed by atoms with E-state index in [0.29, 0.717) is 5.69 Å². The van der Waals surface area contributed by atoms with Gasteiger partial charge in [0.15, 0.2) is 9.84 Å². The Hall–Kier alpha value is -1.63. The molecule has 1 fully saturated rings. The maximum atomic E-state index is 12.0. The summed E-state index contributed by atoms with van der Waals surface area (Å²) in [4.78, 5) is 12.4. The van der Waals surface area contributed by atoms with Crippen LogP contribution in [0.3, 0.4) is 0 Å². The molecular weight excluding hydrogens is 292 g/mol. The number of rotatable bonds is 3. The lowest BCUT2D eigenvalue weighted by Gasteiger charge is -2.40. The van der Waals surface area contributed by atoms with Crippen LogP contribution in [0.15, 0.2) is 23.1 Å². The molecule has 0 amide bonds. The molecule has 1 saturated heterocycles. The van der Waals surface area contributed by atoms with Crippen LogP contribution in [0.25, 0.3) is 0 Å². The summed E-state index contributed by atoms with van der Waals surface area (Å²) in [6, 6.07) is 4.08. The fourth-order valence-electron chi connectivity index (χ4n) is 2.80. The molecule has 1 aliphatic heterocycles. The van der Waals surface area contributed by atoms with Gasteiger partial charge >= 0.3 is 0 Å². The fraction of sp³-hybridized carbons (Fsp3) is 0.571. The molecule has 0 aromatic heterocycles. The highest BCUT2D eigenvalue weighted by molar-refractivity contribution is 7.90. The average Bonchev–Trinajstić information content (AvgIpc) is 2.35. The average molecular weight is 312 g/mol. The lowest BCUT2D eigenvalue weighted by Crippen LogP contribution is -2.40. The normalized spacial score (nSPS) is 18.5. The van der Waals surface area contributed by atoms with E-state index in [1.165, 1.54) is 6.07 Å². The molecule has 0 N–H and O–H groups in total. The molecule has 0 saturated carbocycles. The van der Waals surface area contributed by atoms with Crippen LogP contribution in [-0.2, 0) is 9.84 Å². The van der Waals surface area contributed by atoms with E-state index >= 15 is 0 Å². The first-order valence-electron chi connectivity index (χ1n) is 6.84. The van der Waals surface area contributed by atoms with Gasteiger partial charge in [-0.2, -0.15) is 0 Å². The van der Waals surface area contributed by atoms with Crippen LogP contribution in [-0.4, -0.2) is 32.7 Å². The van der Waals surface area contributed by atoms with Crippen LogP contribution in [0.4, 0.5) is 11.4 Å². The van der Waals surface area contributed by atoms with Crippen molar-refractivity contribution >= 4 is 21.2 Å². The molecule has 0 spiro atoms. The summed E-state index contributed by atoms with van der Waals surface area (Å²) in [5.41, 5.74) is 0.473. The summed E-state index contributed by atoms with van der Waals surface area (Å²) >= 11 is 0. The number of hydrogen-bond donors (Lipinski definition) is 0. The van der Waals surface area contributed by atoms with Gasteiger partial charge in [0, 0.05) is 31.5 Å². The van der Waals surface area contributed by atoms with Gasteiger partial charge < -0.3 is 4.90 Å². The summed E-state index contributed by atoms with van der Waals surface area (Å²) in [5.74, 6) is 0. The number of nitro groups is 1. The topological polar surface area (TPSA) is 80.5 Å². The van der Waals surface area contributed by atoms with Crippen molar-refractivity contribution in [3.8, 4) is 0 Å². The molecule has 1 aromatic carbocycles. The summed E-state index contributed by atoms with van der Waals surface area (Å²) in [7, 11) is -3.52. The largest absolute Gasteiger partial charge is 0.370 e. The lowest BCUT2D eigenvalue weighted by molar-refractivity contribution is -0.385. The van der Waals surface area contributed by atoms with E-state index in [0.717, 1.165) is 38.3 Å². The lowest BCUT2D eigenvalue weighted by atomic mass is 9.84. The number of nitro benzene ring substituents is 1. The Labute approximate surface area is 124 Å². The second-order valence-electron chi connectivity index (χ2n) is 6.37. The molecule has 0 aliphatic carbocycles. The van der Waals surface area contributed by atoms with Gasteiger partial charge in [-0.1, -0.05) is 13.8 Å². The predicted octanol–water partition coefficient (Wildman–Crippen LogP) is 2.62. The van der Waals surface area contributed by atoms with Crippen molar-refractivity contribution in [2.75, 3.05) is 24.2 Å². The molecule has 21 heavy (non-hydrogen) atoms. The highest BCUT2D eigenvalue weighted by Gasteiger charge is 2.29. The summed E-state index contributed by atoms with van der Waals surface area (Å²) in [6.07, 6.45) is 3.16. The Morgan fingerprint density at radius 1 is 1.33 bits per heavy atom. The van der Waals surface area contributed by atoms with E-state index in [2.05, 4.69) is 13.8 Å². The summed E-state index contributed by atoms with van der Waals surface area (Å²) < 4.78 is 24.0. The van der Waals surface area contributed by atoms with E-state index < -0.39 is 14.8 Å². The van der Waals surface area contributed by atoms with Crippen LogP contribution in [0.5, 0.6) is 0 Å². The van der Waals surface area contributed by atoms with Gasteiger partial charge in [0.05, 0.1) is 15.5 Å². The number of non-ortho nitro benzene ring substituents is 1. The van der Waals surface area contributed by atoms with E-state index in [4.69, 9.17) is 0 Å². The molecule has 1 heterocycles. The highest BCUT2D eigenvalue weighted by atomic mass is 32.2. The molecule has 2 rings (SSSR count). The molecule has 7 heteroatoms. The second kappa shape index (κ2) is 5.29. The Kier molecular flexibility index (Phi) is 3.97.